The minimum absolute atomic E-state index is 0.0104. The molecule has 2 N–H and O–H groups in total. The fraction of sp³-hybridized carbons (Fsp3) is 0.667. The lowest BCUT2D eigenvalue weighted by Gasteiger charge is -2.06. The van der Waals surface area contributed by atoms with E-state index in [2.05, 4.69) is 15.5 Å². The normalized spacial score (nSPS) is 33.3. The molecule has 90 valence electrons. The summed E-state index contributed by atoms with van der Waals surface area (Å²) in [6.07, 6.45) is 3.14. The highest BCUT2D eigenvalue weighted by atomic mass is 16.5. The van der Waals surface area contributed by atoms with E-state index < -0.39 is 0 Å². The molecule has 1 saturated heterocycles. The molecule has 0 spiro atoms. The number of nitrogens with one attached hydrogen (secondary N) is 2. The van der Waals surface area contributed by atoms with Crippen LogP contribution in [0, 0.1) is 11.8 Å². The van der Waals surface area contributed by atoms with Crippen LogP contribution in [-0.4, -0.2) is 35.4 Å². The molecule has 1 aromatic heterocycles. The first-order valence-corrected chi connectivity index (χ1v) is 6.29. The predicted molar refractivity (Wildman–Crippen MR) is 59.7 cm³/mol. The van der Waals surface area contributed by atoms with Crippen molar-refractivity contribution in [2.45, 2.75) is 25.3 Å². The van der Waals surface area contributed by atoms with Gasteiger partial charge in [0.05, 0.1) is 13.2 Å². The van der Waals surface area contributed by atoms with E-state index >= 15 is 0 Å². The lowest BCUT2D eigenvalue weighted by Crippen LogP contribution is -2.30. The third kappa shape index (κ3) is 1.35. The lowest BCUT2D eigenvalue weighted by molar-refractivity contribution is 0.0923. The number of nitrogens with zero attached hydrogens (tertiary/aromatic N) is 1. The average Bonchev–Trinajstić information content (AvgIpc) is 2.83. The molecule has 1 amide bonds. The highest BCUT2D eigenvalue weighted by Crippen LogP contribution is 2.44. The van der Waals surface area contributed by atoms with E-state index in [4.69, 9.17) is 4.74 Å². The van der Waals surface area contributed by atoms with Crippen LogP contribution in [0.5, 0.6) is 0 Å². The van der Waals surface area contributed by atoms with Gasteiger partial charge in [0.1, 0.15) is 0 Å². The molecule has 5 nitrogen and oxygen atoms in total. The summed E-state index contributed by atoms with van der Waals surface area (Å²) in [4.78, 5) is 12.1. The molecule has 0 aromatic carbocycles. The topological polar surface area (TPSA) is 67.0 Å². The molecule has 3 atom stereocenters. The molecule has 2 fully saturated rings. The number of carbonyl (C=O) groups is 1. The standard InChI is InChI=1S/C12H15N3O2/c16-12(13-10-7-4-17-5-8(7)10)11-6-2-1-3-9(6)14-15-11/h7-8,10H,1-5H2,(H,13,16)(H,14,15)/t7-,8+,10?. The second kappa shape index (κ2) is 3.32. The van der Waals surface area contributed by atoms with E-state index in [0.29, 0.717) is 23.6 Å². The van der Waals surface area contributed by atoms with Crippen LogP contribution in [-0.2, 0) is 17.6 Å². The van der Waals surface area contributed by atoms with Crippen LogP contribution >= 0.6 is 0 Å². The maximum absolute atomic E-state index is 12.1. The molecule has 4 rings (SSSR count). The Kier molecular flexibility index (Phi) is 1.88. The van der Waals surface area contributed by atoms with Gasteiger partial charge in [0.2, 0.25) is 0 Å². The van der Waals surface area contributed by atoms with Crippen LogP contribution in [0.2, 0.25) is 0 Å². The number of rotatable bonds is 2. The molecule has 17 heavy (non-hydrogen) atoms. The summed E-state index contributed by atoms with van der Waals surface area (Å²) in [5.74, 6) is 1.08. The zero-order valence-electron chi connectivity index (χ0n) is 9.53. The van der Waals surface area contributed by atoms with Gasteiger partial charge in [0, 0.05) is 29.1 Å². The summed E-state index contributed by atoms with van der Waals surface area (Å²) in [5.41, 5.74) is 2.89. The minimum Gasteiger partial charge on any atom is -0.381 e. The Bertz CT molecular complexity index is 472. The average molecular weight is 233 g/mol. The van der Waals surface area contributed by atoms with Crippen molar-refractivity contribution < 1.29 is 9.53 Å². The smallest absolute Gasteiger partial charge is 0.272 e. The number of amides is 1. The number of ether oxygens (including phenoxy) is 1. The van der Waals surface area contributed by atoms with Crippen LogP contribution in [0.3, 0.4) is 0 Å². The Labute approximate surface area is 98.9 Å². The maximum Gasteiger partial charge on any atom is 0.272 e. The van der Waals surface area contributed by atoms with Gasteiger partial charge in [-0.25, -0.2) is 0 Å². The SMILES string of the molecule is O=C(NC1[C@H]2COC[C@@H]12)c1n[nH]c2c1CCC2. The molecule has 1 saturated carbocycles. The van der Waals surface area contributed by atoms with Gasteiger partial charge in [-0.05, 0) is 19.3 Å². The van der Waals surface area contributed by atoms with E-state index in [9.17, 15) is 4.79 Å². The van der Waals surface area contributed by atoms with Crippen LogP contribution in [0.15, 0.2) is 0 Å². The van der Waals surface area contributed by atoms with Crippen LogP contribution in [0.4, 0.5) is 0 Å². The summed E-state index contributed by atoms with van der Waals surface area (Å²) in [7, 11) is 0. The molecule has 5 heteroatoms. The van der Waals surface area contributed by atoms with Crippen molar-refractivity contribution >= 4 is 5.91 Å². The van der Waals surface area contributed by atoms with Crippen molar-refractivity contribution in [3.05, 3.63) is 17.0 Å². The number of aryl methyl sites for hydroxylation is 1. The van der Waals surface area contributed by atoms with Crippen molar-refractivity contribution in [3.8, 4) is 0 Å². The van der Waals surface area contributed by atoms with Gasteiger partial charge in [-0.3, -0.25) is 9.89 Å². The number of H-pyrrole nitrogens is 1. The van der Waals surface area contributed by atoms with Crippen molar-refractivity contribution in [2.24, 2.45) is 11.8 Å². The van der Waals surface area contributed by atoms with Crippen molar-refractivity contribution in [1.29, 1.82) is 0 Å². The molecule has 2 heterocycles. The Morgan fingerprint density at radius 1 is 1.35 bits per heavy atom. The van der Waals surface area contributed by atoms with E-state index in [1.807, 2.05) is 0 Å². The zero-order chi connectivity index (χ0) is 11.4. The number of carbonyl (C=O) groups excluding carboxylic acids is 1. The van der Waals surface area contributed by atoms with Crippen molar-refractivity contribution in [3.63, 3.8) is 0 Å². The number of fused-ring (bicyclic) bond motifs is 2. The zero-order valence-corrected chi connectivity index (χ0v) is 9.53. The first-order valence-electron chi connectivity index (χ1n) is 6.29. The number of aromatic nitrogens is 2. The largest absolute Gasteiger partial charge is 0.381 e. The molecule has 0 radical (unpaired) electrons. The highest BCUT2D eigenvalue weighted by Gasteiger charge is 2.55. The fourth-order valence-corrected chi connectivity index (χ4v) is 3.18. The molecule has 3 aliphatic rings. The third-order valence-corrected chi connectivity index (χ3v) is 4.27. The van der Waals surface area contributed by atoms with E-state index in [-0.39, 0.29) is 5.91 Å². The molecule has 1 aromatic rings. The van der Waals surface area contributed by atoms with Gasteiger partial charge in [-0.15, -0.1) is 0 Å². The summed E-state index contributed by atoms with van der Waals surface area (Å²) < 4.78 is 5.31. The van der Waals surface area contributed by atoms with Gasteiger partial charge >= 0.3 is 0 Å². The number of hydrogen-bond acceptors (Lipinski definition) is 3. The third-order valence-electron chi connectivity index (χ3n) is 4.27. The van der Waals surface area contributed by atoms with Crippen molar-refractivity contribution in [2.75, 3.05) is 13.2 Å². The molecule has 1 aliphatic heterocycles. The monoisotopic (exact) mass is 233 g/mol. The Morgan fingerprint density at radius 2 is 2.18 bits per heavy atom. The molecule has 2 aliphatic carbocycles. The Hall–Kier alpha value is -1.36. The molecule has 0 bridgehead atoms. The predicted octanol–water partition coefficient (Wildman–Crippen LogP) is 0.273. The summed E-state index contributed by atoms with van der Waals surface area (Å²) >= 11 is 0. The first-order chi connectivity index (χ1) is 8.34. The van der Waals surface area contributed by atoms with Gasteiger partial charge in [-0.1, -0.05) is 0 Å². The Morgan fingerprint density at radius 3 is 3.00 bits per heavy atom. The Balaban J connectivity index is 1.49. The number of aromatic amines is 1. The molecular weight excluding hydrogens is 218 g/mol. The second-order valence-corrected chi connectivity index (χ2v) is 5.25. The summed E-state index contributed by atoms with van der Waals surface area (Å²) in [5, 5.41) is 10.2. The number of hydrogen-bond donors (Lipinski definition) is 2. The molecule has 1 unspecified atom stereocenters. The molecular formula is C12H15N3O2. The van der Waals surface area contributed by atoms with Crippen molar-refractivity contribution in [1.82, 2.24) is 15.5 Å². The van der Waals surface area contributed by atoms with Crippen LogP contribution in [0.1, 0.15) is 28.2 Å². The van der Waals surface area contributed by atoms with Gasteiger partial charge in [-0.2, -0.15) is 5.10 Å². The van der Waals surface area contributed by atoms with Gasteiger partial charge in [0.15, 0.2) is 5.69 Å². The van der Waals surface area contributed by atoms with E-state index in [1.54, 1.807) is 0 Å². The summed E-state index contributed by atoms with van der Waals surface area (Å²) in [6.45, 7) is 1.60. The van der Waals surface area contributed by atoms with E-state index in [0.717, 1.165) is 43.7 Å². The summed E-state index contributed by atoms with van der Waals surface area (Å²) in [6, 6.07) is 0.324. The van der Waals surface area contributed by atoms with Gasteiger partial charge < -0.3 is 10.1 Å². The second-order valence-electron chi connectivity index (χ2n) is 5.25. The fourth-order valence-electron chi connectivity index (χ4n) is 3.18. The maximum atomic E-state index is 12.1. The van der Waals surface area contributed by atoms with Crippen LogP contribution < -0.4 is 5.32 Å². The highest BCUT2D eigenvalue weighted by molar-refractivity contribution is 5.94. The van der Waals surface area contributed by atoms with Crippen LogP contribution in [0.25, 0.3) is 0 Å². The minimum atomic E-state index is -0.0104. The van der Waals surface area contributed by atoms with Gasteiger partial charge in [0.25, 0.3) is 5.91 Å². The first kappa shape index (κ1) is 9.65. The van der Waals surface area contributed by atoms with E-state index in [1.165, 1.54) is 0 Å². The lowest BCUT2D eigenvalue weighted by atomic mass is 10.2. The quantitative estimate of drug-likeness (QED) is 0.770.